The van der Waals surface area contributed by atoms with E-state index >= 15 is 0 Å². The van der Waals surface area contributed by atoms with Gasteiger partial charge in [-0.2, -0.15) is 0 Å². The van der Waals surface area contributed by atoms with E-state index < -0.39 is 0 Å². The Morgan fingerprint density at radius 3 is 2.52 bits per heavy atom. The van der Waals surface area contributed by atoms with Crippen molar-refractivity contribution in [2.45, 2.75) is 51.5 Å². The molecule has 2 amide bonds. The van der Waals surface area contributed by atoms with Crippen molar-refractivity contribution in [1.82, 2.24) is 5.32 Å². The molecule has 0 aromatic heterocycles. The Balaban J connectivity index is 1.74. The predicted octanol–water partition coefficient (Wildman–Crippen LogP) is 2.44. The van der Waals surface area contributed by atoms with Gasteiger partial charge in [-0.15, -0.1) is 0 Å². The third kappa shape index (κ3) is 6.74. The third-order valence-electron chi connectivity index (χ3n) is 4.38. The highest BCUT2D eigenvalue weighted by atomic mass is 16.5. The van der Waals surface area contributed by atoms with Gasteiger partial charge in [0.25, 0.3) is 0 Å². The van der Waals surface area contributed by atoms with Crippen LogP contribution in [0, 0.1) is 5.92 Å². The van der Waals surface area contributed by atoms with E-state index in [9.17, 15) is 9.59 Å². The number of rotatable bonds is 8. The van der Waals surface area contributed by atoms with Crippen LogP contribution in [0.4, 0.5) is 5.69 Å². The van der Waals surface area contributed by atoms with Gasteiger partial charge >= 0.3 is 0 Å². The second-order valence-corrected chi connectivity index (χ2v) is 6.66. The van der Waals surface area contributed by atoms with Crippen LogP contribution in [0.25, 0.3) is 0 Å². The van der Waals surface area contributed by atoms with E-state index in [1.54, 1.807) is 24.3 Å². The van der Waals surface area contributed by atoms with Crippen LogP contribution >= 0.6 is 0 Å². The summed E-state index contributed by atoms with van der Waals surface area (Å²) in [4.78, 5) is 24.3. The number of hydrogen-bond donors (Lipinski definition) is 3. The summed E-state index contributed by atoms with van der Waals surface area (Å²) >= 11 is 0. The summed E-state index contributed by atoms with van der Waals surface area (Å²) in [7, 11) is 0. The summed E-state index contributed by atoms with van der Waals surface area (Å²) in [5.41, 5.74) is 6.09. The van der Waals surface area contributed by atoms with E-state index in [0.717, 1.165) is 31.4 Å². The highest BCUT2D eigenvalue weighted by Gasteiger charge is 2.22. The van der Waals surface area contributed by atoms with Crippen molar-refractivity contribution in [1.29, 1.82) is 0 Å². The van der Waals surface area contributed by atoms with E-state index in [1.165, 1.54) is 6.42 Å². The molecule has 6 heteroatoms. The van der Waals surface area contributed by atoms with Crippen molar-refractivity contribution < 1.29 is 14.3 Å². The number of anilines is 1. The fourth-order valence-corrected chi connectivity index (χ4v) is 3.08. The van der Waals surface area contributed by atoms with Crippen molar-refractivity contribution >= 4 is 17.5 Å². The summed E-state index contributed by atoms with van der Waals surface area (Å²) in [6, 6.07) is 6.98. The molecule has 1 saturated carbocycles. The van der Waals surface area contributed by atoms with Gasteiger partial charge in [-0.25, -0.2) is 0 Å². The molecule has 0 aliphatic heterocycles. The van der Waals surface area contributed by atoms with Crippen LogP contribution in [0.5, 0.6) is 5.75 Å². The average molecular weight is 347 g/mol. The summed E-state index contributed by atoms with van der Waals surface area (Å²) in [6.45, 7) is 2.79. The summed E-state index contributed by atoms with van der Waals surface area (Å²) < 4.78 is 5.40. The average Bonchev–Trinajstić information content (AvgIpc) is 2.61. The van der Waals surface area contributed by atoms with Crippen LogP contribution in [-0.2, 0) is 9.59 Å². The summed E-state index contributed by atoms with van der Waals surface area (Å²) in [6.07, 6.45) is 5.64. The smallest absolute Gasteiger partial charge is 0.226 e. The zero-order valence-electron chi connectivity index (χ0n) is 14.9. The van der Waals surface area contributed by atoms with E-state index in [1.807, 2.05) is 6.92 Å². The highest BCUT2D eigenvalue weighted by molar-refractivity contribution is 5.91. The minimum atomic E-state index is -0.179. The normalized spacial score (nSPS) is 16.1. The van der Waals surface area contributed by atoms with Gasteiger partial charge in [0.1, 0.15) is 12.4 Å². The number of benzene rings is 1. The molecule has 138 valence electrons. The van der Waals surface area contributed by atoms with Crippen molar-refractivity contribution in [2.24, 2.45) is 11.7 Å². The second kappa shape index (κ2) is 10.0. The van der Waals surface area contributed by atoms with Gasteiger partial charge in [-0.1, -0.05) is 19.3 Å². The van der Waals surface area contributed by atoms with E-state index in [-0.39, 0.29) is 30.2 Å². The number of nitrogens with two attached hydrogens (primary N) is 1. The van der Waals surface area contributed by atoms with Gasteiger partial charge in [0.05, 0.1) is 0 Å². The first-order valence-corrected chi connectivity index (χ1v) is 9.11. The number of ether oxygens (including phenoxy) is 1. The van der Waals surface area contributed by atoms with Crippen LogP contribution in [-0.4, -0.2) is 31.0 Å². The predicted molar refractivity (Wildman–Crippen MR) is 98.4 cm³/mol. The third-order valence-corrected chi connectivity index (χ3v) is 4.38. The summed E-state index contributed by atoms with van der Waals surface area (Å²) in [5, 5.41) is 5.81. The fraction of sp³-hybridized carbons (Fsp3) is 0.579. The number of amides is 2. The Hall–Kier alpha value is -2.08. The Bertz CT molecular complexity index is 554. The molecule has 1 aromatic rings. The van der Waals surface area contributed by atoms with Crippen LogP contribution in [0.2, 0.25) is 0 Å². The zero-order chi connectivity index (χ0) is 18.1. The standard InChI is InChI=1S/C19H29N3O3/c1-14(21-19(24)15-5-3-2-4-6-15)13-18(23)22-16-7-9-17(10-8-16)25-12-11-20/h7-10,14-15H,2-6,11-13,20H2,1H3,(H,21,24)(H,22,23). The molecular weight excluding hydrogens is 318 g/mol. The molecule has 4 N–H and O–H groups in total. The number of hydrogen-bond acceptors (Lipinski definition) is 4. The molecule has 1 aliphatic carbocycles. The molecule has 1 unspecified atom stereocenters. The molecule has 1 aromatic carbocycles. The molecule has 1 atom stereocenters. The highest BCUT2D eigenvalue weighted by Crippen LogP contribution is 2.23. The van der Waals surface area contributed by atoms with Crippen LogP contribution in [0.1, 0.15) is 45.4 Å². The summed E-state index contributed by atoms with van der Waals surface area (Å²) in [5.74, 6) is 0.797. The second-order valence-electron chi connectivity index (χ2n) is 6.66. The van der Waals surface area contributed by atoms with Crippen molar-refractivity contribution in [3.8, 4) is 5.75 Å². The van der Waals surface area contributed by atoms with Gasteiger partial charge < -0.3 is 21.1 Å². The quantitative estimate of drug-likeness (QED) is 0.673. The first-order valence-electron chi connectivity index (χ1n) is 9.11. The molecule has 25 heavy (non-hydrogen) atoms. The van der Waals surface area contributed by atoms with Gasteiger partial charge in [0, 0.05) is 30.6 Å². The first kappa shape index (κ1) is 19.2. The lowest BCUT2D eigenvalue weighted by atomic mass is 9.88. The molecule has 2 rings (SSSR count). The Kier molecular flexibility index (Phi) is 7.73. The monoisotopic (exact) mass is 347 g/mol. The van der Waals surface area contributed by atoms with E-state index in [0.29, 0.717) is 18.8 Å². The zero-order valence-corrected chi connectivity index (χ0v) is 14.9. The topological polar surface area (TPSA) is 93.4 Å². The maximum Gasteiger partial charge on any atom is 0.226 e. The Morgan fingerprint density at radius 1 is 1.20 bits per heavy atom. The molecule has 1 fully saturated rings. The Morgan fingerprint density at radius 2 is 1.88 bits per heavy atom. The minimum absolute atomic E-state index is 0.0846. The van der Waals surface area contributed by atoms with Gasteiger partial charge in [0.15, 0.2) is 0 Å². The molecule has 0 bridgehead atoms. The SMILES string of the molecule is CC(CC(=O)Nc1ccc(OCCN)cc1)NC(=O)C1CCCCC1. The number of carbonyl (C=O) groups is 2. The maximum atomic E-state index is 12.2. The van der Waals surface area contributed by atoms with E-state index in [4.69, 9.17) is 10.5 Å². The van der Waals surface area contributed by atoms with Crippen LogP contribution in [0.15, 0.2) is 24.3 Å². The van der Waals surface area contributed by atoms with Crippen LogP contribution < -0.4 is 21.1 Å². The molecule has 1 aliphatic rings. The largest absolute Gasteiger partial charge is 0.492 e. The lowest BCUT2D eigenvalue weighted by Gasteiger charge is -2.23. The van der Waals surface area contributed by atoms with Crippen molar-refractivity contribution in [3.05, 3.63) is 24.3 Å². The van der Waals surface area contributed by atoms with Gasteiger partial charge in [0.2, 0.25) is 11.8 Å². The molecule has 0 saturated heterocycles. The number of carbonyl (C=O) groups excluding carboxylic acids is 2. The minimum Gasteiger partial charge on any atom is -0.492 e. The van der Waals surface area contributed by atoms with Gasteiger partial charge in [-0.3, -0.25) is 9.59 Å². The van der Waals surface area contributed by atoms with Crippen molar-refractivity contribution in [2.75, 3.05) is 18.5 Å². The maximum absolute atomic E-state index is 12.2. The number of nitrogens with one attached hydrogen (secondary N) is 2. The first-order chi connectivity index (χ1) is 12.1. The van der Waals surface area contributed by atoms with Crippen molar-refractivity contribution in [3.63, 3.8) is 0 Å². The molecule has 0 heterocycles. The molecule has 0 radical (unpaired) electrons. The van der Waals surface area contributed by atoms with E-state index in [2.05, 4.69) is 10.6 Å². The lowest BCUT2D eigenvalue weighted by Crippen LogP contribution is -2.39. The molecule has 0 spiro atoms. The van der Waals surface area contributed by atoms with Crippen LogP contribution in [0.3, 0.4) is 0 Å². The lowest BCUT2D eigenvalue weighted by molar-refractivity contribution is -0.126. The Labute approximate surface area is 149 Å². The molecule has 6 nitrogen and oxygen atoms in total. The molecular formula is C19H29N3O3. The fourth-order valence-electron chi connectivity index (χ4n) is 3.08. The van der Waals surface area contributed by atoms with Gasteiger partial charge in [-0.05, 0) is 44.0 Å².